The molecule has 0 atom stereocenters. The summed E-state index contributed by atoms with van der Waals surface area (Å²) < 4.78 is 9.39. The Bertz CT molecular complexity index is 1220. The molecule has 1 aliphatic carbocycles. The van der Waals surface area contributed by atoms with Gasteiger partial charge in [-0.25, -0.2) is 0 Å². The number of hydrogen-bond donors (Lipinski definition) is 0. The summed E-state index contributed by atoms with van der Waals surface area (Å²) in [5.74, 6) is 1.85. The van der Waals surface area contributed by atoms with Crippen molar-refractivity contribution in [1.29, 1.82) is 0 Å². The van der Waals surface area contributed by atoms with E-state index in [2.05, 4.69) is 92.9 Å². The Labute approximate surface area is 196 Å². The van der Waals surface area contributed by atoms with Crippen LogP contribution in [0.4, 0.5) is 0 Å². The summed E-state index contributed by atoms with van der Waals surface area (Å²) in [6, 6.07) is 17.4. The van der Waals surface area contributed by atoms with Crippen molar-refractivity contribution in [3.8, 4) is 11.5 Å². The molecule has 6 bridgehead atoms. The fourth-order valence-electron chi connectivity index (χ4n) is 5.55. The van der Waals surface area contributed by atoms with Gasteiger partial charge in [-0.15, -0.1) is 0 Å². The molecule has 7 rings (SSSR count). The van der Waals surface area contributed by atoms with Crippen molar-refractivity contribution in [2.45, 2.75) is 37.8 Å². The van der Waals surface area contributed by atoms with Crippen LogP contribution in [0, 0.1) is 0 Å². The monoisotopic (exact) mass is 605 g/mol. The summed E-state index contributed by atoms with van der Waals surface area (Å²) >= 11 is -0.347. The van der Waals surface area contributed by atoms with Gasteiger partial charge in [0.05, 0.1) is 0 Å². The summed E-state index contributed by atoms with van der Waals surface area (Å²) in [6.45, 7) is 2.96. The van der Waals surface area contributed by atoms with E-state index in [9.17, 15) is 0 Å². The average molecular weight is 606 g/mol. The van der Waals surface area contributed by atoms with Crippen molar-refractivity contribution >= 4 is 8.29 Å². The van der Waals surface area contributed by atoms with Crippen LogP contribution in [0.2, 0.25) is 0 Å². The molecule has 2 aromatic rings. The Morgan fingerprint density at radius 2 is 1.47 bits per heavy atom. The zero-order valence-electron chi connectivity index (χ0n) is 17.9. The quantitative estimate of drug-likeness (QED) is 0.448. The Kier molecular flexibility index (Phi) is 4.23. The molecule has 4 heterocycles. The number of rotatable bonds is 0. The number of fused-ring (bicyclic) bond motifs is 6. The van der Waals surface area contributed by atoms with Crippen molar-refractivity contribution < 1.29 is 22.4 Å². The summed E-state index contributed by atoms with van der Waals surface area (Å²) in [5.41, 5.74) is 2.69. The van der Waals surface area contributed by atoms with Gasteiger partial charge in [0.25, 0.3) is 0 Å². The topological polar surface area (TPSA) is 22.2 Å². The van der Waals surface area contributed by atoms with Crippen LogP contribution in [0.1, 0.15) is 36.8 Å². The van der Waals surface area contributed by atoms with Gasteiger partial charge in [-0.2, -0.15) is 0 Å². The van der Waals surface area contributed by atoms with E-state index in [1.807, 2.05) is 0 Å². The van der Waals surface area contributed by atoms with Crippen LogP contribution in [-0.4, -0.2) is 41.0 Å². The maximum absolute atomic E-state index is 6.38. The predicted octanol–water partition coefficient (Wildman–Crippen LogP) is 4.21. The minimum absolute atomic E-state index is 0.0263. The SMILES string of the molecule is C1=CN2Cc3cccc(c3)Oc3cccc(c3)C3(CCCC3)N3C=CN4CCN1[C]2=[Pt]=[C]43. The third-order valence-corrected chi connectivity index (χ3v) is 10.7. The van der Waals surface area contributed by atoms with Crippen LogP contribution in [0.3, 0.4) is 0 Å². The Balaban J connectivity index is 1.47. The summed E-state index contributed by atoms with van der Waals surface area (Å²) in [4.78, 5) is 10.1. The second-order valence-corrected chi connectivity index (χ2v) is 11.7. The molecule has 5 aliphatic rings. The van der Waals surface area contributed by atoms with E-state index < -0.39 is 0 Å². The van der Waals surface area contributed by atoms with Gasteiger partial charge < -0.3 is 0 Å². The van der Waals surface area contributed by atoms with E-state index in [4.69, 9.17) is 4.74 Å². The third kappa shape index (κ3) is 2.87. The van der Waals surface area contributed by atoms with Crippen molar-refractivity contribution in [2.24, 2.45) is 0 Å². The predicted molar refractivity (Wildman–Crippen MR) is 122 cm³/mol. The molecule has 2 aromatic carbocycles. The maximum atomic E-state index is 6.38. The Hall–Kier alpha value is -2.65. The average Bonchev–Trinajstić information content (AvgIpc) is 3.51. The van der Waals surface area contributed by atoms with Crippen molar-refractivity contribution in [3.63, 3.8) is 0 Å². The molecular formula is C26H26N4OPt. The van der Waals surface area contributed by atoms with Gasteiger partial charge >= 0.3 is 197 Å². The molecule has 0 saturated heterocycles. The van der Waals surface area contributed by atoms with Crippen molar-refractivity contribution in [2.75, 3.05) is 13.1 Å². The summed E-state index contributed by atoms with van der Waals surface area (Å²) in [7, 11) is 0. The first kappa shape index (κ1) is 18.9. The van der Waals surface area contributed by atoms with Gasteiger partial charge in [-0.3, -0.25) is 0 Å². The minimum atomic E-state index is -0.347. The molecule has 5 nitrogen and oxygen atoms in total. The standard InChI is InChI=1S/C26H26N4O.Pt/c1-2-10-26(9-1)23-6-4-8-25(18-23)31-24-7-3-5-22(17-24)19-29-14-13-27(20-29)11-12-28-15-16-30(26)21-28;/h3-8,13-18H,1-2,9-12,19H2;. The first-order chi connectivity index (χ1) is 15.8. The van der Waals surface area contributed by atoms with Crippen LogP contribution in [0.5, 0.6) is 11.5 Å². The van der Waals surface area contributed by atoms with Gasteiger partial charge in [0, 0.05) is 0 Å². The molecular weight excluding hydrogens is 579 g/mol. The number of benzene rings is 2. The van der Waals surface area contributed by atoms with Crippen LogP contribution in [0.25, 0.3) is 0 Å². The molecule has 1 fully saturated rings. The van der Waals surface area contributed by atoms with Crippen molar-refractivity contribution in [1.82, 2.24) is 19.6 Å². The summed E-state index contributed by atoms with van der Waals surface area (Å²) in [5, 5.41) is 0. The van der Waals surface area contributed by atoms with Crippen LogP contribution in [0.15, 0.2) is 73.3 Å². The third-order valence-electron chi connectivity index (χ3n) is 7.14. The molecule has 0 N–H and O–H groups in total. The number of nitrogens with zero attached hydrogens (tertiary/aromatic N) is 4. The molecule has 0 aromatic heterocycles. The van der Waals surface area contributed by atoms with Gasteiger partial charge in [-0.1, -0.05) is 0 Å². The first-order valence-electron chi connectivity index (χ1n) is 11.4. The zero-order valence-corrected chi connectivity index (χ0v) is 20.2. The van der Waals surface area contributed by atoms with E-state index in [1.54, 1.807) is 0 Å². The normalized spacial score (nSPS) is 22.8. The molecule has 32 heavy (non-hydrogen) atoms. The second-order valence-electron chi connectivity index (χ2n) is 9.06. The molecule has 1 saturated carbocycles. The molecule has 166 valence electrons. The van der Waals surface area contributed by atoms with E-state index in [-0.39, 0.29) is 23.2 Å². The fraction of sp³-hybridized carbons (Fsp3) is 0.308. The molecule has 0 amide bonds. The van der Waals surface area contributed by atoms with E-state index in [0.29, 0.717) is 0 Å². The zero-order chi connectivity index (χ0) is 21.1. The van der Waals surface area contributed by atoms with Crippen molar-refractivity contribution in [3.05, 3.63) is 84.5 Å². The van der Waals surface area contributed by atoms with Gasteiger partial charge in [-0.05, 0) is 0 Å². The first-order valence-corrected chi connectivity index (χ1v) is 13.7. The Morgan fingerprint density at radius 3 is 2.34 bits per heavy atom. The van der Waals surface area contributed by atoms with Gasteiger partial charge in [0.15, 0.2) is 0 Å². The molecule has 6 heteroatoms. The van der Waals surface area contributed by atoms with E-state index in [0.717, 1.165) is 31.1 Å². The van der Waals surface area contributed by atoms with Gasteiger partial charge in [0.2, 0.25) is 0 Å². The molecule has 0 radical (unpaired) electrons. The number of ether oxygens (including phenoxy) is 1. The fourth-order valence-corrected chi connectivity index (χ4v) is 9.11. The molecule has 0 unspecified atom stereocenters. The number of hydrogen-bond acceptors (Lipinski definition) is 5. The Morgan fingerprint density at radius 1 is 0.750 bits per heavy atom. The van der Waals surface area contributed by atoms with Crippen LogP contribution < -0.4 is 4.74 Å². The van der Waals surface area contributed by atoms with Gasteiger partial charge in [0.1, 0.15) is 0 Å². The second kappa shape index (κ2) is 7.18. The van der Waals surface area contributed by atoms with Crippen LogP contribution >= 0.6 is 0 Å². The molecule has 4 aliphatic heterocycles. The summed E-state index contributed by atoms with van der Waals surface area (Å²) in [6.07, 6.45) is 14.2. The van der Waals surface area contributed by atoms with Crippen LogP contribution in [-0.2, 0) is 29.7 Å². The van der Waals surface area contributed by atoms with E-state index in [1.165, 1.54) is 45.1 Å². The van der Waals surface area contributed by atoms with E-state index >= 15 is 0 Å². The molecule has 1 spiro atoms.